The summed E-state index contributed by atoms with van der Waals surface area (Å²) >= 11 is 1.27. The van der Waals surface area contributed by atoms with Gasteiger partial charge in [0.1, 0.15) is 22.9 Å². The van der Waals surface area contributed by atoms with Crippen molar-refractivity contribution in [1.29, 1.82) is 0 Å². The minimum Gasteiger partial charge on any atom is -0.508 e. The van der Waals surface area contributed by atoms with E-state index in [1.807, 2.05) is 46.6 Å². The second-order valence-corrected chi connectivity index (χ2v) is 17.3. The Morgan fingerprint density at radius 2 is 1.71 bits per heavy atom. The first-order valence-electron chi connectivity index (χ1n) is 20.9. The van der Waals surface area contributed by atoms with Gasteiger partial charge < -0.3 is 30.1 Å². The molecule has 0 aliphatic carbocycles. The van der Waals surface area contributed by atoms with Crippen LogP contribution in [-0.2, 0) is 44.7 Å². The van der Waals surface area contributed by atoms with E-state index in [9.17, 15) is 33.9 Å². The van der Waals surface area contributed by atoms with Crippen LogP contribution >= 0.6 is 11.8 Å². The van der Waals surface area contributed by atoms with Crippen LogP contribution in [0.5, 0.6) is 5.75 Å². The lowest BCUT2D eigenvalue weighted by molar-refractivity contribution is -0.159. The molecule has 0 saturated carbocycles. The number of nitrogens with one attached hydrogen (secondary N) is 3. The molecule has 8 atom stereocenters. The molecule has 2 aliphatic rings. The van der Waals surface area contributed by atoms with Crippen molar-refractivity contribution in [3.8, 4) is 5.75 Å². The molecule has 2 heterocycles. The Balaban J connectivity index is 1.93. The Morgan fingerprint density at radius 3 is 2.31 bits per heavy atom. The Bertz CT molecular complexity index is 1610. The first-order chi connectivity index (χ1) is 28.0. The Morgan fingerprint density at radius 1 is 1.02 bits per heavy atom. The van der Waals surface area contributed by atoms with Crippen molar-refractivity contribution >= 4 is 52.4 Å². The maximum absolute atomic E-state index is 14.8. The number of aromatic hydroxyl groups is 1. The van der Waals surface area contributed by atoms with Crippen LogP contribution in [0.25, 0.3) is 0 Å². The van der Waals surface area contributed by atoms with Crippen LogP contribution in [0, 0.1) is 17.8 Å². The van der Waals surface area contributed by atoms with E-state index in [-0.39, 0.29) is 73.1 Å². The fourth-order valence-electron chi connectivity index (χ4n) is 7.42. The van der Waals surface area contributed by atoms with Gasteiger partial charge in [-0.25, -0.2) is 5.84 Å². The molecule has 1 aromatic rings. The number of likely N-dealkylation sites (tertiary alicyclic amines) is 1. The molecule has 0 bridgehead atoms. The maximum Gasteiger partial charge on any atom is 0.307 e. The molecule has 0 aromatic heterocycles. The summed E-state index contributed by atoms with van der Waals surface area (Å²) in [6, 6.07) is 3.32. The number of amides is 4. The van der Waals surface area contributed by atoms with Crippen LogP contribution in [0.3, 0.4) is 0 Å². The van der Waals surface area contributed by atoms with Gasteiger partial charge in [0.15, 0.2) is 12.8 Å². The summed E-state index contributed by atoms with van der Waals surface area (Å²) in [7, 11) is 1.91. The molecular weight excluding hydrogens is 779 g/mol. The first kappa shape index (κ1) is 49.1. The molecule has 330 valence electrons. The number of carbonyl (C=O) groups excluding carboxylic acids is 6. The van der Waals surface area contributed by atoms with Gasteiger partial charge in [-0.1, -0.05) is 66.5 Å². The smallest absolute Gasteiger partial charge is 0.307 e. The van der Waals surface area contributed by atoms with Gasteiger partial charge in [-0.05, 0) is 75.2 Å². The largest absolute Gasteiger partial charge is 0.508 e. The quantitative estimate of drug-likeness (QED) is 0.0373. The van der Waals surface area contributed by atoms with Gasteiger partial charge in [0.25, 0.3) is 0 Å². The number of phenolic OH excluding ortho intramolecular Hbond substituents is 1. The third kappa shape index (κ3) is 15.1. The number of benzene rings is 1. The number of piperidine rings is 1. The number of thioether (sulfide) groups is 1. The van der Waals surface area contributed by atoms with Gasteiger partial charge in [0, 0.05) is 43.5 Å². The van der Waals surface area contributed by atoms with Gasteiger partial charge in [-0.3, -0.25) is 44.1 Å². The monoisotopic (exact) mass is 845 g/mol. The molecule has 6 N–H and O–H groups in total. The molecule has 1 fully saturated rings. The number of esters is 2. The normalized spacial score (nSPS) is 19.9. The highest BCUT2D eigenvalue weighted by molar-refractivity contribution is 8.14. The van der Waals surface area contributed by atoms with Crippen molar-refractivity contribution in [2.45, 2.75) is 143 Å². The summed E-state index contributed by atoms with van der Waals surface area (Å²) in [6.45, 7) is 12.9. The topological polar surface area (TPSA) is 222 Å². The van der Waals surface area contributed by atoms with Crippen molar-refractivity contribution < 1.29 is 43.3 Å². The number of hydrogen-bond donors (Lipinski definition) is 5. The predicted molar refractivity (Wildman–Crippen MR) is 227 cm³/mol. The molecule has 3 rings (SSSR count). The lowest BCUT2D eigenvalue weighted by atomic mass is 9.92. The summed E-state index contributed by atoms with van der Waals surface area (Å²) < 4.78 is 11.5. The number of hydrogen-bond acceptors (Lipinski definition) is 13. The van der Waals surface area contributed by atoms with Crippen molar-refractivity contribution in [3.05, 3.63) is 29.8 Å². The third-order valence-electron chi connectivity index (χ3n) is 11.1. The molecule has 17 heteroatoms. The minimum absolute atomic E-state index is 0.0796. The molecule has 0 radical (unpaired) electrons. The average molecular weight is 846 g/mol. The summed E-state index contributed by atoms with van der Waals surface area (Å²) in [5.41, 5.74) is 2.99. The van der Waals surface area contributed by atoms with E-state index in [4.69, 9.17) is 20.3 Å². The van der Waals surface area contributed by atoms with Gasteiger partial charge in [-0.2, -0.15) is 0 Å². The lowest BCUT2D eigenvalue weighted by Gasteiger charge is -2.39. The molecule has 0 spiro atoms. The third-order valence-corrected chi connectivity index (χ3v) is 12.3. The summed E-state index contributed by atoms with van der Waals surface area (Å²) in [4.78, 5) is 88.1. The first-order valence-corrected chi connectivity index (χ1v) is 21.9. The number of carbonyl (C=O) groups is 6. The molecule has 4 amide bonds. The zero-order valence-electron chi connectivity index (χ0n) is 36.0. The van der Waals surface area contributed by atoms with E-state index in [1.54, 1.807) is 31.2 Å². The molecule has 1 saturated heterocycles. The highest BCUT2D eigenvalue weighted by Crippen LogP contribution is 2.29. The van der Waals surface area contributed by atoms with E-state index < -0.39 is 54.0 Å². The van der Waals surface area contributed by atoms with Crippen LogP contribution in [0.1, 0.15) is 105 Å². The van der Waals surface area contributed by atoms with Crippen molar-refractivity contribution in [1.82, 2.24) is 25.9 Å². The van der Waals surface area contributed by atoms with Crippen LogP contribution in [0.2, 0.25) is 0 Å². The molecular formula is C42H67N7O9S. The number of aliphatic imine (C=N–C) groups is 1. The Kier molecular flexibility index (Phi) is 20.1. The number of hydrazine groups is 1. The van der Waals surface area contributed by atoms with Crippen molar-refractivity contribution in [2.24, 2.45) is 28.6 Å². The van der Waals surface area contributed by atoms with Crippen LogP contribution in [-0.4, -0.2) is 118 Å². The van der Waals surface area contributed by atoms with E-state index in [0.29, 0.717) is 30.7 Å². The highest BCUT2D eigenvalue weighted by atomic mass is 32.2. The average Bonchev–Trinajstić information content (AvgIpc) is 3.70. The molecule has 2 unspecified atom stereocenters. The number of likely N-dealkylation sites (N-methyl/N-ethyl adjacent to an activating group) is 1. The minimum atomic E-state index is -0.946. The van der Waals surface area contributed by atoms with Crippen LogP contribution in [0.4, 0.5) is 0 Å². The zero-order valence-corrected chi connectivity index (χ0v) is 36.8. The lowest BCUT2D eigenvalue weighted by Crippen LogP contribution is -2.59. The highest BCUT2D eigenvalue weighted by Gasteiger charge is 2.41. The predicted octanol–water partition coefficient (Wildman–Crippen LogP) is 3.44. The van der Waals surface area contributed by atoms with Gasteiger partial charge in [0.2, 0.25) is 23.6 Å². The molecule has 2 aliphatic heterocycles. The summed E-state index contributed by atoms with van der Waals surface area (Å²) in [6.07, 6.45) is 3.69. The molecule has 16 nitrogen and oxygen atoms in total. The Labute approximate surface area is 353 Å². The van der Waals surface area contributed by atoms with E-state index in [1.165, 1.54) is 23.6 Å². The number of nitrogens with two attached hydrogens (primary N) is 1. The van der Waals surface area contributed by atoms with E-state index >= 15 is 0 Å². The number of phenols is 1. The van der Waals surface area contributed by atoms with E-state index in [2.05, 4.69) is 16.1 Å². The second kappa shape index (κ2) is 24.1. The standard InChI is InChI=1S/C42H67N7O9S/c1-9-13-36(52)57-24-49(42(56)37(26(5)10-2)46-40(55)33-14-11-12-19-48(33)8)34(25(3)4)22-35(58-28(7)50)41-45-32(23-59-41)39(54)44-30(20-27(6)38(53)47-43)21-29-15-17-31(51)18-16-29/h15-18,25-27,30,32-35,37,51H,9-14,19-24,43H2,1-8H3,(H,44,54)(H,46,55)(H,47,53)/t26?,27-,30+,32?,33+,34+,35+,37-/m0/s1. The fraction of sp³-hybridized carbons (Fsp3) is 0.690. The SMILES string of the molecule is CCCC(=O)OCN(C(=O)[C@@H](NC(=O)[C@H]1CCCCN1C)C(C)CC)[C@H](C[C@@H](OC(C)=O)C1=NC(C(=O)N[C@@H](Cc2ccc(O)cc2)C[C@H](C)C(=O)NN)CS1)C(C)C. The Hall–Kier alpha value is -4.22. The molecule has 1 aromatic carbocycles. The number of nitrogens with zero attached hydrogens (tertiary/aromatic N) is 3. The van der Waals surface area contributed by atoms with Crippen molar-refractivity contribution in [3.63, 3.8) is 0 Å². The number of ether oxygens (including phenoxy) is 2. The second-order valence-electron chi connectivity index (χ2n) is 16.2. The number of rotatable bonds is 22. The molecule has 59 heavy (non-hydrogen) atoms. The maximum atomic E-state index is 14.8. The van der Waals surface area contributed by atoms with Gasteiger partial charge in [-0.15, -0.1) is 11.8 Å². The van der Waals surface area contributed by atoms with Gasteiger partial charge >= 0.3 is 11.9 Å². The summed E-state index contributed by atoms with van der Waals surface area (Å²) in [5.74, 6) is 2.28. The summed E-state index contributed by atoms with van der Waals surface area (Å²) in [5, 5.41) is 16.3. The van der Waals surface area contributed by atoms with Crippen molar-refractivity contribution in [2.75, 3.05) is 26.1 Å². The van der Waals surface area contributed by atoms with Gasteiger partial charge in [0.05, 0.1) is 6.04 Å². The fourth-order valence-corrected chi connectivity index (χ4v) is 8.51. The van der Waals surface area contributed by atoms with Crippen LogP contribution < -0.4 is 21.9 Å². The zero-order chi connectivity index (χ0) is 43.8. The van der Waals surface area contributed by atoms with E-state index in [0.717, 1.165) is 24.9 Å². The van der Waals surface area contributed by atoms with Crippen LogP contribution in [0.15, 0.2) is 29.3 Å².